The molecule has 0 saturated carbocycles. The maximum atomic E-state index is 12.5. The summed E-state index contributed by atoms with van der Waals surface area (Å²) in [4.78, 5) is 11.1. The van der Waals surface area contributed by atoms with Gasteiger partial charge in [0, 0.05) is 17.6 Å². The van der Waals surface area contributed by atoms with Gasteiger partial charge in [-0.05, 0) is 47.5 Å². The number of aromatic carboxylic acids is 1. The van der Waals surface area contributed by atoms with Gasteiger partial charge in [0.25, 0.3) is 0 Å². The highest BCUT2D eigenvalue weighted by Crippen LogP contribution is 2.25. The van der Waals surface area contributed by atoms with Crippen molar-refractivity contribution in [2.24, 2.45) is 0 Å². The zero-order chi connectivity index (χ0) is 14.9. The first-order valence-electron chi connectivity index (χ1n) is 6.01. The molecule has 0 radical (unpaired) electrons. The Labute approximate surface area is 126 Å². The Kier molecular flexibility index (Phi) is 4.31. The molecule has 0 bridgehead atoms. The number of sulfonamides is 1. The summed E-state index contributed by atoms with van der Waals surface area (Å²) in [6.45, 7) is 2.64. The molecule has 0 aromatic heterocycles. The van der Waals surface area contributed by atoms with Gasteiger partial charge in [0.1, 0.15) is 0 Å². The maximum absolute atomic E-state index is 12.5. The van der Waals surface area contributed by atoms with Crippen molar-refractivity contribution in [3.05, 3.63) is 39.9 Å². The van der Waals surface area contributed by atoms with Crippen LogP contribution < -0.4 is 0 Å². The molecule has 20 heavy (non-hydrogen) atoms. The van der Waals surface area contributed by atoms with Crippen molar-refractivity contribution in [1.29, 1.82) is 0 Å². The molecule has 1 aliphatic heterocycles. The van der Waals surface area contributed by atoms with Gasteiger partial charge in [-0.2, -0.15) is 4.31 Å². The number of hydrogen-bond acceptors (Lipinski definition) is 3. The number of carboxylic acid groups (broad SMARTS) is 1. The molecule has 5 nitrogen and oxygen atoms in total. The van der Waals surface area contributed by atoms with Crippen LogP contribution in [0.3, 0.4) is 0 Å². The first kappa shape index (κ1) is 15.2. The molecule has 1 heterocycles. The zero-order valence-electron chi connectivity index (χ0n) is 10.8. The zero-order valence-corrected chi connectivity index (χ0v) is 13.2. The van der Waals surface area contributed by atoms with Gasteiger partial charge < -0.3 is 5.11 Å². The molecule has 7 heteroatoms. The summed E-state index contributed by atoms with van der Waals surface area (Å²) in [6.07, 6.45) is 2.68. The Morgan fingerprint density at radius 1 is 1.40 bits per heavy atom. The second kappa shape index (κ2) is 5.67. The highest BCUT2D eigenvalue weighted by molar-refractivity contribution is 9.10. The van der Waals surface area contributed by atoms with E-state index in [0.717, 1.165) is 5.57 Å². The fraction of sp³-hybridized carbons (Fsp3) is 0.308. The van der Waals surface area contributed by atoms with Crippen LogP contribution in [0, 0.1) is 0 Å². The summed E-state index contributed by atoms with van der Waals surface area (Å²) >= 11 is 3.10. The lowest BCUT2D eigenvalue weighted by molar-refractivity contribution is 0.0695. The quantitative estimate of drug-likeness (QED) is 0.841. The molecule has 108 valence electrons. The van der Waals surface area contributed by atoms with E-state index in [0.29, 0.717) is 24.0 Å². The lowest BCUT2D eigenvalue weighted by Crippen LogP contribution is -2.35. The molecule has 0 fully saturated rings. The number of halogens is 1. The third kappa shape index (κ3) is 2.94. The van der Waals surface area contributed by atoms with Crippen molar-refractivity contribution in [2.45, 2.75) is 18.2 Å². The number of carboxylic acids is 1. The van der Waals surface area contributed by atoms with Crippen LogP contribution in [0.5, 0.6) is 0 Å². The minimum atomic E-state index is -3.66. The standard InChI is InChI=1S/C13H14BrNO4S/c1-9-3-2-6-15(8-9)20(18,19)10-4-5-12(14)11(7-10)13(16)17/h3-5,7H,2,6,8H2,1H3,(H,16,17). The van der Waals surface area contributed by atoms with Crippen LogP contribution in [-0.4, -0.2) is 36.9 Å². The maximum Gasteiger partial charge on any atom is 0.336 e. The molecule has 1 aromatic carbocycles. The minimum Gasteiger partial charge on any atom is -0.478 e. The Bertz CT molecular complexity index is 682. The van der Waals surface area contributed by atoms with E-state index in [1.807, 2.05) is 13.0 Å². The van der Waals surface area contributed by atoms with E-state index >= 15 is 0 Å². The SMILES string of the molecule is CC1=CCCN(S(=O)(=O)c2ccc(Br)c(C(=O)O)c2)C1. The van der Waals surface area contributed by atoms with Crippen molar-refractivity contribution >= 4 is 31.9 Å². The molecule has 1 N–H and O–H groups in total. The van der Waals surface area contributed by atoms with Gasteiger partial charge in [0.15, 0.2) is 0 Å². The third-order valence-electron chi connectivity index (χ3n) is 3.10. The van der Waals surface area contributed by atoms with Gasteiger partial charge in [0.2, 0.25) is 10.0 Å². The lowest BCUT2D eigenvalue weighted by Gasteiger charge is -2.25. The number of hydrogen-bond donors (Lipinski definition) is 1. The predicted molar refractivity (Wildman–Crippen MR) is 78.2 cm³/mol. The summed E-state index contributed by atoms with van der Waals surface area (Å²) < 4.78 is 26.8. The van der Waals surface area contributed by atoms with Crippen LogP contribution in [0.15, 0.2) is 39.2 Å². The molecule has 2 rings (SSSR count). The Balaban J connectivity index is 2.42. The number of benzene rings is 1. The van der Waals surface area contributed by atoms with E-state index in [9.17, 15) is 13.2 Å². The molecule has 0 saturated heterocycles. The average Bonchev–Trinajstić information content (AvgIpc) is 2.38. The van der Waals surface area contributed by atoms with Crippen LogP contribution in [0.25, 0.3) is 0 Å². The number of carbonyl (C=O) groups is 1. The second-order valence-corrected chi connectivity index (χ2v) is 7.42. The largest absolute Gasteiger partial charge is 0.478 e. The molecule has 1 aromatic rings. The first-order valence-corrected chi connectivity index (χ1v) is 8.24. The van der Waals surface area contributed by atoms with Crippen molar-refractivity contribution < 1.29 is 18.3 Å². The van der Waals surface area contributed by atoms with E-state index in [1.54, 1.807) is 0 Å². The Morgan fingerprint density at radius 3 is 2.70 bits per heavy atom. The molecular weight excluding hydrogens is 346 g/mol. The summed E-state index contributed by atoms with van der Waals surface area (Å²) in [5, 5.41) is 9.06. The van der Waals surface area contributed by atoms with E-state index in [4.69, 9.17) is 5.11 Å². The Morgan fingerprint density at radius 2 is 2.10 bits per heavy atom. The first-order chi connectivity index (χ1) is 9.32. The number of rotatable bonds is 3. The van der Waals surface area contributed by atoms with Crippen LogP contribution in [-0.2, 0) is 10.0 Å². The summed E-state index contributed by atoms with van der Waals surface area (Å²) in [6, 6.07) is 4.05. The summed E-state index contributed by atoms with van der Waals surface area (Å²) in [5.41, 5.74) is 0.936. The molecule has 0 atom stereocenters. The van der Waals surface area contributed by atoms with Gasteiger partial charge in [-0.3, -0.25) is 0 Å². The van der Waals surface area contributed by atoms with Crippen LogP contribution >= 0.6 is 15.9 Å². The van der Waals surface area contributed by atoms with Gasteiger partial charge in [-0.1, -0.05) is 11.6 Å². The Hall–Kier alpha value is -1.18. The van der Waals surface area contributed by atoms with Crippen LogP contribution in [0.2, 0.25) is 0 Å². The van der Waals surface area contributed by atoms with E-state index in [-0.39, 0.29) is 10.5 Å². The van der Waals surface area contributed by atoms with E-state index in [1.165, 1.54) is 22.5 Å². The molecule has 0 spiro atoms. The average molecular weight is 360 g/mol. The van der Waals surface area contributed by atoms with Crippen LogP contribution in [0.4, 0.5) is 0 Å². The second-order valence-electron chi connectivity index (χ2n) is 4.62. The summed E-state index contributed by atoms with van der Waals surface area (Å²) in [7, 11) is -3.66. The molecular formula is C13H14BrNO4S. The minimum absolute atomic E-state index is 0.00722. The highest BCUT2D eigenvalue weighted by atomic mass is 79.9. The fourth-order valence-electron chi connectivity index (χ4n) is 2.06. The normalized spacial score (nSPS) is 16.8. The third-order valence-corrected chi connectivity index (χ3v) is 5.64. The van der Waals surface area contributed by atoms with E-state index < -0.39 is 16.0 Å². The van der Waals surface area contributed by atoms with Crippen LogP contribution in [0.1, 0.15) is 23.7 Å². The van der Waals surface area contributed by atoms with Crippen molar-refractivity contribution in [3.8, 4) is 0 Å². The highest BCUT2D eigenvalue weighted by Gasteiger charge is 2.27. The molecule has 0 amide bonds. The van der Waals surface area contributed by atoms with Crippen molar-refractivity contribution in [1.82, 2.24) is 4.31 Å². The number of nitrogens with zero attached hydrogens (tertiary/aromatic N) is 1. The van der Waals surface area contributed by atoms with E-state index in [2.05, 4.69) is 15.9 Å². The lowest BCUT2D eigenvalue weighted by atomic mass is 10.2. The molecule has 0 aliphatic carbocycles. The summed E-state index contributed by atoms with van der Waals surface area (Å²) in [5.74, 6) is -1.16. The predicted octanol–water partition coefficient (Wildman–Crippen LogP) is 2.49. The monoisotopic (exact) mass is 359 g/mol. The smallest absolute Gasteiger partial charge is 0.336 e. The topological polar surface area (TPSA) is 74.7 Å². The van der Waals surface area contributed by atoms with Gasteiger partial charge >= 0.3 is 5.97 Å². The van der Waals surface area contributed by atoms with Gasteiger partial charge in [-0.25, -0.2) is 13.2 Å². The van der Waals surface area contributed by atoms with Gasteiger partial charge in [0.05, 0.1) is 10.5 Å². The van der Waals surface area contributed by atoms with Gasteiger partial charge in [-0.15, -0.1) is 0 Å². The molecule has 0 unspecified atom stereocenters. The van der Waals surface area contributed by atoms with Crippen molar-refractivity contribution in [2.75, 3.05) is 13.1 Å². The molecule has 1 aliphatic rings. The fourth-order valence-corrected chi connectivity index (χ4v) is 4.00. The van der Waals surface area contributed by atoms with Crippen molar-refractivity contribution in [3.63, 3.8) is 0 Å².